The first-order valence-corrected chi connectivity index (χ1v) is 8.08. The van der Waals surface area contributed by atoms with Crippen LogP contribution in [0.5, 0.6) is 5.75 Å². The number of likely N-dealkylation sites (tertiary alicyclic amines) is 1. The van der Waals surface area contributed by atoms with E-state index in [4.69, 9.17) is 9.47 Å². The molecule has 1 aromatic rings. The number of ether oxygens (including phenoxy) is 2. The van der Waals surface area contributed by atoms with Crippen LogP contribution >= 0.6 is 0 Å². The number of carbonyl (C=O) groups excluding carboxylic acids is 2. The summed E-state index contributed by atoms with van der Waals surface area (Å²) in [6, 6.07) is 6.36. The maximum atomic E-state index is 12.2. The summed E-state index contributed by atoms with van der Waals surface area (Å²) < 4.78 is 10.6. The third-order valence-electron chi connectivity index (χ3n) is 3.96. The summed E-state index contributed by atoms with van der Waals surface area (Å²) in [4.78, 5) is 25.7. The molecule has 0 spiro atoms. The average Bonchev–Trinajstić information content (AvgIpc) is 2.87. The third kappa shape index (κ3) is 4.61. The SMILES string of the molecule is CCOc1ccc([C@H](COC)NC(=O)N[C@H]2CCN(C)C2=O)cc1. The number of benzene rings is 1. The molecule has 132 valence electrons. The summed E-state index contributed by atoms with van der Waals surface area (Å²) >= 11 is 0. The van der Waals surface area contributed by atoms with Crippen molar-refractivity contribution in [2.45, 2.75) is 25.4 Å². The predicted molar refractivity (Wildman–Crippen MR) is 89.9 cm³/mol. The topological polar surface area (TPSA) is 79.9 Å². The molecule has 0 saturated carbocycles. The molecule has 0 aromatic heterocycles. The molecular weight excluding hydrogens is 310 g/mol. The highest BCUT2D eigenvalue weighted by molar-refractivity contribution is 5.88. The maximum Gasteiger partial charge on any atom is 0.316 e. The number of nitrogens with zero attached hydrogens (tertiary/aromatic N) is 1. The largest absolute Gasteiger partial charge is 0.494 e. The zero-order valence-corrected chi connectivity index (χ0v) is 14.4. The molecule has 24 heavy (non-hydrogen) atoms. The number of likely N-dealkylation sites (N-methyl/N-ethyl adjacent to an activating group) is 1. The molecule has 7 heteroatoms. The van der Waals surface area contributed by atoms with Crippen molar-refractivity contribution in [2.75, 3.05) is 33.9 Å². The first kappa shape index (κ1) is 18.1. The molecule has 2 N–H and O–H groups in total. The van der Waals surface area contributed by atoms with Crippen molar-refractivity contribution >= 4 is 11.9 Å². The van der Waals surface area contributed by atoms with Crippen LogP contribution in [0, 0.1) is 0 Å². The lowest BCUT2D eigenvalue weighted by Crippen LogP contribution is -2.47. The van der Waals surface area contributed by atoms with Crippen molar-refractivity contribution in [1.82, 2.24) is 15.5 Å². The molecule has 0 unspecified atom stereocenters. The highest BCUT2D eigenvalue weighted by Crippen LogP contribution is 2.18. The summed E-state index contributed by atoms with van der Waals surface area (Å²) in [5.41, 5.74) is 0.908. The van der Waals surface area contributed by atoms with Crippen molar-refractivity contribution in [3.8, 4) is 5.75 Å². The zero-order chi connectivity index (χ0) is 17.5. The fraction of sp³-hybridized carbons (Fsp3) is 0.529. The van der Waals surface area contributed by atoms with E-state index in [9.17, 15) is 9.59 Å². The van der Waals surface area contributed by atoms with Crippen molar-refractivity contribution < 1.29 is 19.1 Å². The van der Waals surface area contributed by atoms with Gasteiger partial charge in [-0.05, 0) is 31.0 Å². The van der Waals surface area contributed by atoms with Crippen LogP contribution in [0.3, 0.4) is 0 Å². The van der Waals surface area contributed by atoms with E-state index in [-0.39, 0.29) is 18.0 Å². The Kier molecular flexibility index (Phi) is 6.43. The van der Waals surface area contributed by atoms with Gasteiger partial charge in [-0.25, -0.2) is 4.79 Å². The van der Waals surface area contributed by atoms with Gasteiger partial charge in [0.15, 0.2) is 0 Å². The van der Waals surface area contributed by atoms with E-state index in [2.05, 4.69) is 10.6 Å². The van der Waals surface area contributed by atoms with Crippen LogP contribution in [0.4, 0.5) is 4.79 Å². The zero-order valence-electron chi connectivity index (χ0n) is 14.4. The number of carbonyl (C=O) groups is 2. The minimum Gasteiger partial charge on any atom is -0.494 e. The van der Waals surface area contributed by atoms with Crippen molar-refractivity contribution in [3.05, 3.63) is 29.8 Å². The highest BCUT2D eigenvalue weighted by atomic mass is 16.5. The van der Waals surface area contributed by atoms with Crippen LogP contribution in [-0.4, -0.2) is 56.8 Å². The van der Waals surface area contributed by atoms with Gasteiger partial charge in [0.2, 0.25) is 5.91 Å². The molecule has 1 aliphatic rings. The van der Waals surface area contributed by atoms with Crippen LogP contribution in [0.1, 0.15) is 24.9 Å². The summed E-state index contributed by atoms with van der Waals surface area (Å²) in [6.45, 7) is 3.52. The smallest absolute Gasteiger partial charge is 0.316 e. The van der Waals surface area contributed by atoms with E-state index in [1.807, 2.05) is 31.2 Å². The van der Waals surface area contributed by atoms with Gasteiger partial charge < -0.3 is 25.0 Å². The number of methoxy groups -OCH3 is 1. The molecule has 1 aromatic carbocycles. The summed E-state index contributed by atoms with van der Waals surface area (Å²) in [5.74, 6) is 0.718. The minimum absolute atomic E-state index is 0.0606. The molecule has 1 fully saturated rings. The number of nitrogens with one attached hydrogen (secondary N) is 2. The molecule has 1 saturated heterocycles. The number of hydrogen-bond donors (Lipinski definition) is 2. The second kappa shape index (κ2) is 8.54. The van der Waals surface area contributed by atoms with E-state index in [0.717, 1.165) is 11.3 Å². The van der Waals surface area contributed by atoms with Gasteiger partial charge in [-0.1, -0.05) is 12.1 Å². The Morgan fingerprint density at radius 2 is 2.08 bits per heavy atom. The number of amides is 3. The number of urea groups is 1. The second-order valence-corrected chi connectivity index (χ2v) is 5.73. The fourth-order valence-corrected chi connectivity index (χ4v) is 2.67. The van der Waals surface area contributed by atoms with Crippen LogP contribution in [-0.2, 0) is 9.53 Å². The molecule has 0 radical (unpaired) electrons. The van der Waals surface area contributed by atoms with Gasteiger partial charge in [-0.15, -0.1) is 0 Å². The lowest BCUT2D eigenvalue weighted by Gasteiger charge is -2.20. The molecule has 1 heterocycles. The van der Waals surface area contributed by atoms with Crippen LogP contribution in [0.2, 0.25) is 0 Å². The molecular formula is C17H25N3O4. The van der Waals surface area contributed by atoms with E-state index in [0.29, 0.717) is 26.2 Å². The van der Waals surface area contributed by atoms with Crippen molar-refractivity contribution in [1.29, 1.82) is 0 Å². The predicted octanol–water partition coefficient (Wildman–Crippen LogP) is 1.30. The average molecular weight is 335 g/mol. The monoisotopic (exact) mass is 335 g/mol. The normalized spacial score (nSPS) is 18.4. The van der Waals surface area contributed by atoms with Crippen LogP contribution in [0.15, 0.2) is 24.3 Å². The Morgan fingerprint density at radius 3 is 2.62 bits per heavy atom. The second-order valence-electron chi connectivity index (χ2n) is 5.73. The van der Waals surface area contributed by atoms with Gasteiger partial charge >= 0.3 is 6.03 Å². The highest BCUT2D eigenvalue weighted by Gasteiger charge is 2.30. The first-order valence-electron chi connectivity index (χ1n) is 8.08. The Hall–Kier alpha value is -2.28. The number of hydrogen-bond acceptors (Lipinski definition) is 4. The van der Waals surface area contributed by atoms with E-state index >= 15 is 0 Å². The Labute approximate surface area is 142 Å². The van der Waals surface area contributed by atoms with Gasteiger partial charge in [-0.2, -0.15) is 0 Å². The Bertz CT molecular complexity index is 561. The van der Waals surface area contributed by atoms with Gasteiger partial charge in [0, 0.05) is 20.7 Å². The summed E-state index contributed by atoms with van der Waals surface area (Å²) in [5, 5.41) is 5.59. The Balaban J connectivity index is 1.97. The van der Waals surface area contributed by atoms with Gasteiger partial charge in [0.05, 0.1) is 19.3 Å². The standard InChI is InChI=1S/C17H25N3O4/c1-4-24-13-7-5-12(6-8-13)15(11-23-3)19-17(22)18-14-9-10-20(2)16(14)21/h5-8,14-15H,4,9-11H2,1-3H3,(H2,18,19,22)/t14-,15-/m0/s1. The molecule has 0 bridgehead atoms. The molecule has 3 amide bonds. The lowest BCUT2D eigenvalue weighted by molar-refractivity contribution is -0.128. The molecule has 0 aliphatic carbocycles. The van der Waals surface area contributed by atoms with Gasteiger partial charge in [-0.3, -0.25) is 4.79 Å². The van der Waals surface area contributed by atoms with Gasteiger partial charge in [0.25, 0.3) is 0 Å². The summed E-state index contributed by atoms with van der Waals surface area (Å²) in [6.07, 6.45) is 0.626. The third-order valence-corrected chi connectivity index (χ3v) is 3.96. The number of rotatable bonds is 7. The lowest BCUT2D eigenvalue weighted by atomic mass is 10.1. The van der Waals surface area contributed by atoms with E-state index < -0.39 is 6.04 Å². The first-order chi connectivity index (χ1) is 11.5. The molecule has 1 aliphatic heterocycles. The Morgan fingerprint density at radius 1 is 1.38 bits per heavy atom. The summed E-state index contributed by atoms with van der Waals surface area (Å²) in [7, 11) is 3.31. The minimum atomic E-state index is -0.460. The fourth-order valence-electron chi connectivity index (χ4n) is 2.67. The van der Waals surface area contributed by atoms with Crippen LogP contribution < -0.4 is 15.4 Å². The van der Waals surface area contributed by atoms with Crippen molar-refractivity contribution in [3.63, 3.8) is 0 Å². The molecule has 2 atom stereocenters. The molecule has 2 rings (SSSR count). The van der Waals surface area contributed by atoms with Crippen molar-refractivity contribution in [2.24, 2.45) is 0 Å². The van der Waals surface area contributed by atoms with E-state index in [1.54, 1.807) is 19.1 Å². The van der Waals surface area contributed by atoms with E-state index in [1.165, 1.54) is 0 Å². The maximum absolute atomic E-state index is 12.2. The van der Waals surface area contributed by atoms with Crippen LogP contribution in [0.25, 0.3) is 0 Å². The quantitative estimate of drug-likeness (QED) is 0.787. The van der Waals surface area contributed by atoms with Gasteiger partial charge in [0.1, 0.15) is 11.8 Å². The molecule has 7 nitrogen and oxygen atoms in total.